The first kappa shape index (κ1) is 17.7. The molecule has 0 aliphatic carbocycles. The van der Waals surface area contributed by atoms with Gasteiger partial charge in [-0.25, -0.2) is 9.97 Å². The molecular formula is C22H26N4O. The highest BCUT2D eigenvalue weighted by Gasteiger charge is 2.26. The van der Waals surface area contributed by atoms with Crippen molar-refractivity contribution in [3.8, 4) is 11.3 Å². The van der Waals surface area contributed by atoms with Crippen molar-refractivity contribution in [2.24, 2.45) is 11.3 Å². The Bertz CT molecular complexity index is 999. The van der Waals surface area contributed by atoms with E-state index in [0.717, 1.165) is 30.3 Å². The van der Waals surface area contributed by atoms with Gasteiger partial charge in [0.1, 0.15) is 5.52 Å². The van der Waals surface area contributed by atoms with Gasteiger partial charge in [0.15, 0.2) is 11.4 Å². The summed E-state index contributed by atoms with van der Waals surface area (Å²) in [5.74, 6) is 0.802. The lowest BCUT2D eigenvalue weighted by Crippen LogP contribution is -2.20. The van der Waals surface area contributed by atoms with Gasteiger partial charge in [0.05, 0.1) is 17.5 Å². The van der Waals surface area contributed by atoms with Gasteiger partial charge in [-0.2, -0.15) is 0 Å². The van der Waals surface area contributed by atoms with Crippen molar-refractivity contribution in [3.05, 3.63) is 42.2 Å². The van der Waals surface area contributed by atoms with E-state index >= 15 is 0 Å². The first-order valence-electron chi connectivity index (χ1n) is 9.57. The number of rotatable bonds is 3. The van der Waals surface area contributed by atoms with E-state index < -0.39 is 5.41 Å². The van der Waals surface area contributed by atoms with Gasteiger partial charge in [0.2, 0.25) is 0 Å². The predicted octanol–water partition coefficient (Wildman–Crippen LogP) is 4.70. The molecule has 3 aromatic rings. The molecule has 4 rings (SSSR count). The summed E-state index contributed by atoms with van der Waals surface area (Å²) in [6.45, 7) is 10.3. The Morgan fingerprint density at radius 3 is 2.81 bits per heavy atom. The number of ketones is 1. The zero-order valence-electron chi connectivity index (χ0n) is 16.4. The fourth-order valence-corrected chi connectivity index (χ4v) is 3.64. The van der Waals surface area contributed by atoms with Crippen LogP contribution in [0.15, 0.2) is 36.7 Å². The van der Waals surface area contributed by atoms with Crippen molar-refractivity contribution in [1.29, 1.82) is 0 Å². The second-order valence-corrected chi connectivity index (χ2v) is 8.62. The molecule has 0 saturated carbocycles. The minimum atomic E-state index is -0.459. The number of hydrogen-bond acceptors (Lipinski definition) is 4. The van der Waals surface area contributed by atoms with Gasteiger partial charge in [0, 0.05) is 36.0 Å². The molecule has 1 N–H and O–H groups in total. The lowest BCUT2D eigenvalue weighted by Gasteiger charge is -2.19. The van der Waals surface area contributed by atoms with Crippen LogP contribution in [0.5, 0.6) is 0 Å². The van der Waals surface area contributed by atoms with E-state index in [0.29, 0.717) is 16.7 Å². The van der Waals surface area contributed by atoms with Crippen LogP contribution in [0.25, 0.3) is 22.4 Å². The lowest BCUT2D eigenvalue weighted by molar-refractivity contribution is 0.0860. The summed E-state index contributed by atoms with van der Waals surface area (Å²) in [6.07, 6.45) is 4.73. The molecule has 0 radical (unpaired) electrons. The van der Waals surface area contributed by atoms with Gasteiger partial charge in [-0.3, -0.25) is 4.79 Å². The van der Waals surface area contributed by atoms with E-state index in [4.69, 9.17) is 4.98 Å². The Balaban J connectivity index is 1.73. The Kier molecular flexibility index (Phi) is 4.25. The van der Waals surface area contributed by atoms with Crippen LogP contribution < -0.4 is 4.90 Å². The number of benzene rings is 1. The Hall–Kier alpha value is -2.69. The standard InChI is InChI=1S/C22H26N4O/c1-14-8-9-26(13-14)16-7-5-6-15(10-16)18-12-24-21-19(25-18)17(11-23-21)20(27)22(2,3)4/h5-7,10-12,14H,8-9,13H2,1-4H3,(H,23,24). The van der Waals surface area contributed by atoms with Crippen molar-refractivity contribution in [2.75, 3.05) is 18.0 Å². The maximum absolute atomic E-state index is 12.8. The molecule has 27 heavy (non-hydrogen) atoms. The molecule has 0 bridgehead atoms. The molecule has 0 amide bonds. The first-order chi connectivity index (χ1) is 12.8. The van der Waals surface area contributed by atoms with Gasteiger partial charge in [-0.05, 0) is 24.5 Å². The number of carbonyl (C=O) groups excluding carboxylic acids is 1. The third kappa shape index (κ3) is 3.34. The number of carbonyl (C=O) groups is 1. The minimum Gasteiger partial charge on any atom is -0.371 e. The molecule has 1 aliphatic rings. The normalized spacial score (nSPS) is 17.6. The van der Waals surface area contributed by atoms with Gasteiger partial charge in [-0.15, -0.1) is 0 Å². The molecule has 1 atom stereocenters. The molecule has 3 heterocycles. The van der Waals surface area contributed by atoms with Crippen LogP contribution in [0.4, 0.5) is 5.69 Å². The van der Waals surface area contributed by atoms with Crippen LogP contribution in [0.3, 0.4) is 0 Å². The number of Topliss-reactive ketones (excluding diaryl/α,β-unsaturated/α-hetero) is 1. The number of nitrogens with zero attached hydrogens (tertiary/aromatic N) is 3. The van der Waals surface area contributed by atoms with Gasteiger partial charge < -0.3 is 9.88 Å². The number of aromatic amines is 1. The predicted molar refractivity (Wildman–Crippen MR) is 109 cm³/mol. The fraction of sp³-hybridized carbons (Fsp3) is 0.409. The second kappa shape index (κ2) is 6.48. The Morgan fingerprint density at radius 2 is 2.11 bits per heavy atom. The summed E-state index contributed by atoms with van der Waals surface area (Å²) in [6, 6.07) is 8.44. The van der Waals surface area contributed by atoms with Crippen LogP contribution in [0, 0.1) is 11.3 Å². The SMILES string of the molecule is CC1CCN(c2cccc(-c3cnc4[nH]cc(C(=O)C(C)(C)C)c4n3)c2)C1. The number of fused-ring (bicyclic) bond motifs is 1. The molecule has 1 fully saturated rings. The van der Waals surface area contributed by atoms with Crippen LogP contribution in [-0.2, 0) is 0 Å². The third-order valence-electron chi connectivity index (χ3n) is 5.24. The van der Waals surface area contributed by atoms with E-state index in [2.05, 4.69) is 46.1 Å². The van der Waals surface area contributed by atoms with Crippen molar-refractivity contribution in [1.82, 2.24) is 15.0 Å². The number of nitrogens with one attached hydrogen (secondary N) is 1. The number of hydrogen-bond donors (Lipinski definition) is 1. The fourth-order valence-electron chi connectivity index (χ4n) is 3.64. The largest absolute Gasteiger partial charge is 0.371 e. The highest BCUT2D eigenvalue weighted by Crippen LogP contribution is 2.30. The minimum absolute atomic E-state index is 0.0694. The summed E-state index contributed by atoms with van der Waals surface area (Å²) in [4.78, 5) is 27.5. The average molecular weight is 362 g/mol. The smallest absolute Gasteiger partial charge is 0.171 e. The molecule has 140 valence electrons. The molecule has 1 unspecified atom stereocenters. The molecule has 2 aromatic heterocycles. The van der Waals surface area contributed by atoms with E-state index in [9.17, 15) is 4.79 Å². The summed E-state index contributed by atoms with van der Waals surface area (Å²) in [5, 5.41) is 0. The summed E-state index contributed by atoms with van der Waals surface area (Å²) < 4.78 is 0. The second-order valence-electron chi connectivity index (χ2n) is 8.62. The molecule has 1 aliphatic heterocycles. The zero-order valence-corrected chi connectivity index (χ0v) is 16.4. The monoisotopic (exact) mass is 362 g/mol. The van der Waals surface area contributed by atoms with E-state index in [1.54, 1.807) is 12.4 Å². The number of aromatic nitrogens is 3. The maximum Gasteiger partial charge on any atom is 0.171 e. The van der Waals surface area contributed by atoms with Crippen LogP contribution in [0.2, 0.25) is 0 Å². The van der Waals surface area contributed by atoms with Crippen molar-refractivity contribution in [3.63, 3.8) is 0 Å². The maximum atomic E-state index is 12.8. The van der Waals surface area contributed by atoms with E-state index in [-0.39, 0.29) is 5.78 Å². The Morgan fingerprint density at radius 1 is 1.30 bits per heavy atom. The van der Waals surface area contributed by atoms with Crippen LogP contribution >= 0.6 is 0 Å². The molecular weight excluding hydrogens is 336 g/mol. The van der Waals surface area contributed by atoms with Crippen molar-refractivity contribution >= 4 is 22.6 Å². The third-order valence-corrected chi connectivity index (χ3v) is 5.24. The van der Waals surface area contributed by atoms with Gasteiger partial charge in [-0.1, -0.05) is 39.8 Å². The molecule has 0 spiro atoms. The van der Waals surface area contributed by atoms with E-state index in [1.807, 2.05) is 20.8 Å². The van der Waals surface area contributed by atoms with Gasteiger partial charge in [0.25, 0.3) is 0 Å². The topological polar surface area (TPSA) is 61.9 Å². The van der Waals surface area contributed by atoms with Crippen LogP contribution in [-0.4, -0.2) is 33.8 Å². The van der Waals surface area contributed by atoms with Crippen molar-refractivity contribution < 1.29 is 4.79 Å². The molecule has 1 aromatic carbocycles. The van der Waals surface area contributed by atoms with Crippen LogP contribution in [0.1, 0.15) is 44.5 Å². The average Bonchev–Trinajstić information content (AvgIpc) is 3.26. The molecule has 5 heteroatoms. The zero-order chi connectivity index (χ0) is 19.2. The highest BCUT2D eigenvalue weighted by molar-refractivity contribution is 6.08. The number of H-pyrrole nitrogens is 1. The van der Waals surface area contributed by atoms with E-state index in [1.165, 1.54) is 12.1 Å². The molecule has 5 nitrogen and oxygen atoms in total. The summed E-state index contributed by atoms with van der Waals surface area (Å²) in [7, 11) is 0. The Labute approximate surface area is 159 Å². The quantitative estimate of drug-likeness (QED) is 0.686. The number of anilines is 1. The summed E-state index contributed by atoms with van der Waals surface area (Å²) >= 11 is 0. The summed E-state index contributed by atoms with van der Waals surface area (Å²) in [5.41, 5.74) is 4.48. The highest BCUT2D eigenvalue weighted by atomic mass is 16.1. The first-order valence-corrected chi connectivity index (χ1v) is 9.57. The van der Waals surface area contributed by atoms with Gasteiger partial charge >= 0.3 is 0 Å². The lowest BCUT2D eigenvalue weighted by atomic mass is 9.87. The molecule has 1 saturated heterocycles. The van der Waals surface area contributed by atoms with Crippen molar-refractivity contribution in [2.45, 2.75) is 34.1 Å².